The van der Waals surface area contributed by atoms with Crippen LogP contribution in [0.5, 0.6) is 5.75 Å². The quantitative estimate of drug-likeness (QED) is 0.920. The van der Waals surface area contributed by atoms with Crippen LogP contribution in [0.25, 0.3) is 11.1 Å². The smallest absolute Gasteiger partial charge is 0.419 e. The fourth-order valence-electron chi connectivity index (χ4n) is 1.86. The van der Waals surface area contributed by atoms with E-state index in [1.807, 2.05) is 6.07 Å². The van der Waals surface area contributed by atoms with Crippen molar-refractivity contribution in [2.45, 2.75) is 6.18 Å². The molecular formula is C15H15ClF3NO. The van der Waals surface area contributed by atoms with Crippen LogP contribution in [0.15, 0.2) is 48.5 Å². The van der Waals surface area contributed by atoms with Gasteiger partial charge in [0.15, 0.2) is 0 Å². The van der Waals surface area contributed by atoms with Crippen molar-refractivity contribution in [3.63, 3.8) is 0 Å². The van der Waals surface area contributed by atoms with Gasteiger partial charge in [-0.15, -0.1) is 12.4 Å². The molecule has 21 heavy (non-hydrogen) atoms. The number of halogens is 4. The molecule has 2 N–H and O–H groups in total. The lowest BCUT2D eigenvalue weighted by Gasteiger charge is -2.15. The third-order valence-electron chi connectivity index (χ3n) is 2.77. The van der Waals surface area contributed by atoms with E-state index in [4.69, 9.17) is 10.5 Å². The van der Waals surface area contributed by atoms with Crippen molar-refractivity contribution in [3.05, 3.63) is 54.1 Å². The van der Waals surface area contributed by atoms with Gasteiger partial charge in [-0.05, 0) is 23.3 Å². The maximum Gasteiger partial charge on any atom is 0.419 e. The zero-order valence-corrected chi connectivity index (χ0v) is 11.9. The summed E-state index contributed by atoms with van der Waals surface area (Å²) in [5.74, 6) is -0.192. The largest absolute Gasteiger partial charge is 0.492 e. The molecule has 0 radical (unpaired) electrons. The zero-order valence-electron chi connectivity index (χ0n) is 11.1. The van der Waals surface area contributed by atoms with Crippen LogP contribution in [0.1, 0.15) is 5.56 Å². The SMILES string of the molecule is Cl.NCCOc1ccc(-c2ccccc2)cc1C(F)(F)F. The van der Waals surface area contributed by atoms with E-state index in [2.05, 4.69) is 0 Å². The molecule has 2 aromatic carbocycles. The van der Waals surface area contributed by atoms with E-state index >= 15 is 0 Å². The average molecular weight is 318 g/mol. The van der Waals surface area contributed by atoms with Gasteiger partial charge < -0.3 is 10.5 Å². The first kappa shape index (κ1) is 17.3. The van der Waals surface area contributed by atoms with Crippen molar-refractivity contribution < 1.29 is 17.9 Å². The van der Waals surface area contributed by atoms with Gasteiger partial charge in [0, 0.05) is 6.54 Å². The van der Waals surface area contributed by atoms with Crippen LogP contribution in [0.2, 0.25) is 0 Å². The van der Waals surface area contributed by atoms with Crippen LogP contribution in [0.4, 0.5) is 13.2 Å². The number of rotatable bonds is 4. The predicted octanol–water partition coefficient (Wildman–Crippen LogP) is 4.13. The maximum atomic E-state index is 13.1. The topological polar surface area (TPSA) is 35.2 Å². The molecule has 0 aromatic heterocycles. The molecule has 0 aliphatic heterocycles. The van der Waals surface area contributed by atoms with Crippen molar-refractivity contribution in [2.24, 2.45) is 5.73 Å². The summed E-state index contributed by atoms with van der Waals surface area (Å²) in [4.78, 5) is 0. The number of alkyl halides is 3. The molecule has 0 atom stereocenters. The fraction of sp³-hybridized carbons (Fsp3) is 0.200. The van der Waals surface area contributed by atoms with Crippen molar-refractivity contribution in [2.75, 3.05) is 13.2 Å². The van der Waals surface area contributed by atoms with E-state index in [9.17, 15) is 13.2 Å². The minimum Gasteiger partial charge on any atom is -0.492 e. The lowest BCUT2D eigenvalue weighted by atomic mass is 10.0. The molecule has 0 saturated heterocycles. The molecule has 0 amide bonds. The molecule has 0 fully saturated rings. The van der Waals surface area contributed by atoms with E-state index in [0.29, 0.717) is 5.56 Å². The van der Waals surface area contributed by atoms with Gasteiger partial charge >= 0.3 is 6.18 Å². The fourth-order valence-corrected chi connectivity index (χ4v) is 1.86. The number of ether oxygens (including phenoxy) is 1. The Labute approximate surface area is 127 Å². The summed E-state index contributed by atoms with van der Waals surface area (Å²) in [7, 11) is 0. The number of nitrogens with two attached hydrogens (primary N) is 1. The average Bonchev–Trinajstić information content (AvgIpc) is 2.45. The molecule has 6 heteroatoms. The Balaban J connectivity index is 0.00000220. The molecule has 0 heterocycles. The second-order valence-corrected chi connectivity index (χ2v) is 4.21. The molecule has 2 aromatic rings. The number of hydrogen-bond acceptors (Lipinski definition) is 2. The van der Waals surface area contributed by atoms with Gasteiger partial charge in [0.2, 0.25) is 0 Å². The first-order valence-corrected chi connectivity index (χ1v) is 6.12. The lowest BCUT2D eigenvalue weighted by molar-refractivity contribution is -0.138. The highest BCUT2D eigenvalue weighted by atomic mass is 35.5. The molecule has 0 bridgehead atoms. The summed E-state index contributed by atoms with van der Waals surface area (Å²) in [6.45, 7) is 0.214. The number of benzene rings is 2. The van der Waals surface area contributed by atoms with Crippen molar-refractivity contribution in [1.82, 2.24) is 0 Å². The third-order valence-corrected chi connectivity index (χ3v) is 2.77. The van der Waals surface area contributed by atoms with E-state index in [1.54, 1.807) is 30.3 Å². The summed E-state index contributed by atoms with van der Waals surface area (Å²) < 4.78 is 44.2. The van der Waals surface area contributed by atoms with E-state index in [1.165, 1.54) is 6.07 Å². The van der Waals surface area contributed by atoms with Gasteiger partial charge in [-0.3, -0.25) is 0 Å². The van der Waals surface area contributed by atoms with Crippen molar-refractivity contribution >= 4 is 12.4 Å². The van der Waals surface area contributed by atoms with Crippen LogP contribution < -0.4 is 10.5 Å². The minimum absolute atomic E-state index is 0. The van der Waals surface area contributed by atoms with Crippen LogP contribution in [0.3, 0.4) is 0 Å². The maximum absolute atomic E-state index is 13.1. The molecule has 0 unspecified atom stereocenters. The van der Waals surface area contributed by atoms with E-state index in [-0.39, 0.29) is 31.3 Å². The molecule has 0 aliphatic rings. The van der Waals surface area contributed by atoms with Crippen molar-refractivity contribution in [1.29, 1.82) is 0 Å². The second kappa shape index (κ2) is 7.33. The molecule has 0 spiro atoms. The summed E-state index contributed by atoms with van der Waals surface area (Å²) in [6, 6.07) is 12.9. The Morgan fingerprint density at radius 3 is 2.19 bits per heavy atom. The van der Waals surface area contributed by atoms with Crippen LogP contribution in [-0.2, 0) is 6.18 Å². The Morgan fingerprint density at radius 2 is 1.62 bits per heavy atom. The van der Waals surface area contributed by atoms with E-state index in [0.717, 1.165) is 11.6 Å². The Hall–Kier alpha value is -1.72. The van der Waals surface area contributed by atoms with Gasteiger partial charge in [0.05, 0.1) is 5.56 Å². The number of hydrogen-bond donors (Lipinski definition) is 1. The summed E-state index contributed by atoms with van der Waals surface area (Å²) in [6.07, 6.45) is -4.46. The highest BCUT2D eigenvalue weighted by Gasteiger charge is 2.34. The minimum atomic E-state index is -4.46. The predicted molar refractivity (Wildman–Crippen MR) is 78.7 cm³/mol. The molecule has 0 saturated carbocycles. The Bertz CT molecular complexity index is 573. The molecular weight excluding hydrogens is 303 g/mol. The van der Waals surface area contributed by atoms with Gasteiger partial charge in [0.25, 0.3) is 0 Å². The van der Waals surface area contributed by atoms with Crippen LogP contribution in [-0.4, -0.2) is 13.2 Å². The Kier molecular flexibility index (Phi) is 6.05. The summed E-state index contributed by atoms with van der Waals surface area (Å²) >= 11 is 0. The normalized spacial score (nSPS) is 10.9. The van der Waals surface area contributed by atoms with Gasteiger partial charge in [0.1, 0.15) is 12.4 Å². The third kappa shape index (κ3) is 4.37. The summed E-state index contributed by atoms with van der Waals surface area (Å²) in [5.41, 5.74) is 5.69. The molecule has 2 nitrogen and oxygen atoms in total. The second-order valence-electron chi connectivity index (χ2n) is 4.21. The Morgan fingerprint density at radius 1 is 0.952 bits per heavy atom. The zero-order chi connectivity index (χ0) is 14.6. The molecule has 2 rings (SSSR count). The first-order chi connectivity index (χ1) is 9.52. The summed E-state index contributed by atoms with van der Waals surface area (Å²) in [5, 5.41) is 0. The lowest BCUT2D eigenvalue weighted by Crippen LogP contribution is -2.14. The molecule has 114 valence electrons. The molecule has 0 aliphatic carbocycles. The highest BCUT2D eigenvalue weighted by Crippen LogP contribution is 2.38. The first-order valence-electron chi connectivity index (χ1n) is 6.12. The highest BCUT2D eigenvalue weighted by molar-refractivity contribution is 5.85. The van der Waals surface area contributed by atoms with Gasteiger partial charge in [-0.1, -0.05) is 36.4 Å². The van der Waals surface area contributed by atoms with E-state index < -0.39 is 11.7 Å². The van der Waals surface area contributed by atoms with Crippen LogP contribution in [0, 0.1) is 0 Å². The van der Waals surface area contributed by atoms with Crippen molar-refractivity contribution in [3.8, 4) is 16.9 Å². The van der Waals surface area contributed by atoms with Gasteiger partial charge in [-0.2, -0.15) is 13.2 Å². The standard InChI is InChI=1S/C15H14F3NO.ClH/c16-15(17,18)13-10-12(11-4-2-1-3-5-11)6-7-14(13)20-9-8-19;/h1-7,10H,8-9,19H2;1H. The monoisotopic (exact) mass is 317 g/mol. The van der Waals surface area contributed by atoms with Gasteiger partial charge in [-0.25, -0.2) is 0 Å². The van der Waals surface area contributed by atoms with Crippen LogP contribution >= 0.6 is 12.4 Å².